The molecule has 2 heterocycles. The molecule has 0 aliphatic carbocycles. The minimum atomic E-state index is -0.128. The summed E-state index contributed by atoms with van der Waals surface area (Å²) in [7, 11) is 1.44. The molecular formula is C14H21N3O2. The second-order valence-corrected chi connectivity index (χ2v) is 5.28. The van der Waals surface area contributed by atoms with Gasteiger partial charge in [0.05, 0.1) is 18.7 Å². The molecule has 0 spiro atoms. The summed E-state index contributed by atoms with van der Waals surface area (Å²) in [5.74, 6) is 1.05. The fraction of sp³-hybridized carbons (Fsp3) is 0.643. The number of aromatic nitrogens is 2. The predicted molar refractivity (Wildman–Crippen MR) is 73.1 cm³/mol. The molecule has 1 aromatic heterocycles. The van der Waals surface area contributed by atoms with E-state index in [0.717, 1.165) is 30.9 Å². The van der Waals surface area contributed by atoms with Gasteiger partial charge in [0.15, 0.2) is 5.82 Å². The summed E-state index contributed by atoms with van der Waals surface area (Å²) in [6.45, 7) is 5.78. The van der Waals surface area contributed by atoms with Crippen molar-refractivity contribution in [1.29, 1.82) is 0 Å². The first kappa shape index (κ1) is 13.8. The first-order valence-corrected chi connectivity index (χ1v) is 6.78. The second kappa shape index (κ2) is 5.99. The molecule has 1 saturated heterocycles. The van der Waals surface area contributed by atoms with Gasteiger partial charge in [-0.05, 0) is 30.9 Å². The van der Waals surface area contributed by atoms with E-state index in [1.807, 2.05) is 12.1 Å². The number of piperidine rings is 1. The van der Waals surface area contributed by atoms with Gasteiger partial charge in [-0.3, -0.25) is 4.79 Å². The largest absolute Gasteiger partial charge is 0.469 e. The standard InChI is InChI=1S/C14H21N3O2/c1-10(2)12-6-7-13(16-15-12)17-8-4-5-11(9-17)14(18)19-3/h6-7,10-11H,4-5,8-9H2,1-3H3. The Hall–Kier alpha value is -1.65. The van der Waals surface area contributed by atoms with Gasteiger partial charge in [0.2, 0.25) is 0 Å². The number of rotatable bonds is 3. The molecule has 5 heteroatoms. The van der Waals surface area contributed by atoms with Gasteiger partial charge in [0.1, 0.15) is 0 Å². The number of methoxy groups -OCH3 is 1. The highest BCUT2D eigenvalue weighted by Crippen LogP contribution is 2.22. The van der Waals surface area contributed by atoms with E-state index in [9.17, 15) is 4.79 Å². The third-order valence-electron chi connectivity index (χ3n) is 3.54. The van der Waals surface area contributed by atoms with E-state index in [4.69, 9.17) is 4.74 Å². The average Bonchev–Trinajstić information content (AvgIpc) is 2.46. The van der Waals surface area contributed by atoms with Gasteiger partial charge in [-0.25, -0.2) is 0 Å². The normalized spacial score (nSPS) is 19.6. The number of nitrogens with zero attached hydrogens (tertiary/aromatic N) is 3. The van der Waals surface area contributed by atoms with Crippen molar-refractivity contribution in [1.82, 2.24) is 10.2 Å². The van der Waals surface area contributed by atoms with Crippen molar-refractivity contribution in [2.75, 3.05) is 25.1 Å². The van der Waals surface area contributed by atoms with Crippen LogP contribution < -0.4 is 4.90 Å². The lowest BCUT2D eigenvalue weighted by Crippen LogP contribution is -2.39. The lowest BCUT2D eigenvalue weighted by atomic mass is 9.98. The molecule has 0 saturated carbocycles. The molecule has 0 N–H and O–H groups in total. The first-order chi connectivity index (χ1) is 9.11. The van der Waals surface area contributed by atoms with Crippen molar-refractivity contribution >= 4 is 11.8 Å². The van der Waals surface area contributed by atoms with Crippen molar-refractivity contribution < 1.29 is 9.53 Å². The Balaban J connectivity index is 2.06. The zero-order chi connectivity index (χ0) is 13.8. The van der Waals surface area contributed by atoms with Crippen LogP contribution in [0.2, 0.25) is 0 Å². The van der Waals surface area contributed by atoms with Gasteiger partial charge in [0.25, 0.3) is 0 Å². The van der Waals surface area contributed by atoms with E-state index in [1.165, 1.54) is 7.11 Å². The number of carbonyl (C=O) groups is 1. The lowest BCUT2D eigenvalue weighted by molar-refractivity contribution is -0.145. The lowest BCUT2D eigenvalue weighted by Gasteiger charge is -2.31. The van der Waals surface area contributed by atoms with E-state index in [0.29, 0.717) is 12.5 Å². The monoisotopic (exact) mass is 263 g/mol. The zero-order valence-electron chi connectivity index (χ0n) is 11.8. The maximum absolute atomic E-state index is 11.6. The Morgan fingerprint density at radius 2 is 2.21 bits per heavy atom. The van der Waals surface area contributed by atoms with Crippen LogP contribution in [0.15, 0.2) is 12.1 Å². The molecule has 1 aliphatic rings. The van der Waals surface area contributed by atoms with Crippen LogP contribution in [-0.2, 0) is 9.53 Å². The fourth-order valence-electron chi connectivity index (χ4n) is 2.36. The molecule has 0 radical (unpaired) electrons. The third kappa shape index (κ3) is 3.22. The van der Waals surface area contributed by atoms with Gasteiger partial charge < -0.3 is 9.64 Å². The molecule has 1 fully saturated rings. The van der Waals surface area contributed by atoms with Crippen LogP contribution >= 0.6 is 0 Å². The Labute approximate surface area is 114 Å². The highest BCUT2D eigenvalue weighted by atomic mass is 16.5. The van der Waals surface area contributed by atoms with Crippen LogP contribution in [0.3, 0.4) is 0 Å². The van der Waals surface area contributed by atoms with E-state index < -0.39 is 0 Å². The van der Waals surface area contributed by atoms with E-state index in [-0.39, 0.29) is 11.9 Å². The van der Waals surface area contributed by atoms with Crippen LogP contribution in [0.4, 0.5) is 5.82 Å². The van der Waals surface area contributed by atoms with Gasteiger partial charge in [-0.2, -0.15) is 5.10 Å². The first-order valence-electron chi connectivity index (χ1n) is 6.78. The van der Waals surface area contributed by atoms with Crippen molar-refractivity contribution in [3.63, 3.8) is 0 Å². The van der Waals surface area contributed by atoms with Crippen molar-refractivity contribution in [3.8, 4) is 0 Å². The Bertz CT molecular complexity index is 431. The van der Waals surface area contributed by atoms with Crippen molar-refractivity contribution in [2.24, 2.45) is 5.92 Å². The molecule has 0 amide bonds. The molecule has 104 valence electrons. The van der Waals surface area contributed by atoms with E-state index >= 15 is 0 Å². The Kier molecular flexibility index (Phi) is 4.35. The molecule has 1 unspecified atom stereocenters. The maximum atomic E-state index is 11.6. The predicted octanol–water partition coefficient (Wildman–Crippen LogP) is 1.99. The highest BCUT2D eigenvalue weighted by Gasteiger charge is 2.27. The number of ether oxygens (including phenoxy) is 1. The molecule has 19 heavy (non-hydrogen) atoms. The van der Waals surface area contributed by atoms with Gasteiger partial charge in [-0.15, -0.1) is 5.10 Å². The van der Waals surface area contributed by atoms with E-state index in [1.54, 1.807) is 0 Å². The Morgan fingerprint density at radius 3 is 2.79 bits per heavy atom. The van der Waals surface area contributed by atoms with Crippen LogP contribution in [0.1, 0.15) is 38.3 Å². The number of anilines is 1. The molecule has 5 nitrogen and oxygen atoms in total. The maximum Gasteiger partial charge on any atom is 0.310 e. The average molecular weight is 263 g/mol. The smallest absolute Gasteiger partial charge is 0.310 e. The van der Waals surface area contributed by atoms with Gasteiger partial charge in [0, 0.05) is 13.1 Å². The van der Waals surface area contributed by atoms with Crippen LogP contribution in [0, 0.1) is 5.92 Å². The zero-order valence-corrected chi connectivity index (χ0v) is 11.8. The summed E-state index contributed by atoms with van der Waals surface area (Å²) in [4.78, 5) is 13.7. The summed E-state index contributed by atoms with van der Waals surface area (Å²) < 4.78 is 4.82. The summed E-state index contributed by atoms with van der Waals surface area (Å²) in [5, 5.41) is 8.50. The summed E-state index contributed by atoms with van der Waals surface area (Å²) in [5.41, 5.74) is 0.991. The molecule has 1 atom stereocenters. The third-order valence-corrected chi connectivity index (χ3v) is 3.54. The Morgan fingerprint density at radius 1 is 1.42 bits per heavy atom. The molecule has 2 rings (SSSR count). The van der Waals surface area contributed by atoms with Crippen LogP contribution in [0.5, 0.6) is 0 Å². The van der Waals surface area contributed by atoms with Gasteiger partial charge in [-0.1, -0.05) is 13.8 Å². The molecule has 0 bridgehead atoms. The van der Waals surface area contributed by atoms with Crippen molar-refractivity contribution in [2.45, 2.75) is 32.6 Å². The number of esters is 1. The topological polar surface area (TPSA) is 55.3 Å². The summed E-state index contributed by atoms with van der Waals surface area (Å²) in [6, 6.07) is 4.00. The number of carbonyl (C=O) groups excluding carboxylic acids is 1. The fourth-order valence-corrected chi connectivity index (χ4v) is 2.36. The quantitative estimate of drug-likeness (QED) is 0.781. The number of hydrogen-bond donors (Lipinski definition) is 0. The highest BCUT2D eigenvalue weighted by molar-refractivity contribution is 5.73. The SMILES string of the molecule is COC(=O)C1CCCN(c2ccc(C(C)C)nn2)C1. The summed E-state index contributed by atoms with van der Waals surface area (Å²) in [6.07, 6.45) is 1.87. The van der Waals surface area contributed by atoms with Crippen LogP contribution in [-0.4, -0.2) is 36.4 Å². The van der Waals surface area contributed by atoms with Gasteiger partial charge >= 0.3 is 5.97 Å². The number of hydrogen-bond acceptors (Lipinski definition) is 5. The molecule has 1 aliphatic heterocycles. The molecular weight excluding hydrogens is 242 g/mol. The second-order valence-electron chi connectivity index (χ2n) is 5.28. The molecule has 0 aromatic carbocycles. The minimum Gasteiger partial charge on any atom is -0.469 e. The van der Waals surface area contributed by atoms with Crippen molar-refractivity contribution in [3.05, 3.63) is 17.8 Å². The molecule has 1 aromatic rings. The van der Waals surface area contributed by atoms with E-state index in [2.05, 4.69) is 28.9 Å². The summed E-state index contributed by atoms with van der Waals surface area (Å²) >= 11 is 0. The minimum absolute atomic E-state index is 0.0506. The van der Waals surface area contributed by atoms with Crippen LogP contribution in [0.25, 0.3) is 0 Å².